The van der Waals surface area contributed by atoms with Gasteiger partial charge in [-0.3, -0.25) is 0 Å². The minimum absolute atomic E-state index is 0.0652. The number of likely N-dealkylation sites (N-methyl/N-ethyl adjacent to an activating group) is 1. The van der Waals surface area contributed by atoms with Crippen LogP contribution in [0.3, 0.4) is 0 Å². The molecule has 0 radical (unpaired) electrons. The SMILES string of the molecule is COCC(C)N(C)c1nccnc1C(N)=NO. The van der Waals surface area contributed by atoms with Gasteiger partial charge in [0.05, 0.1) is 12.6 Å². The Bertz CT molecular complexity index is 396. The molecular weight excluding hydrogens is 222 g/mol. The smallest absolute Gasteiger partial charge is 0.192 e. The second-order valence-corrected chi connectivity index (χ2v) is 3.63. The molecule has 0 amide bonds. The summed E-state index contributed by atoms with van der Waals surface area (Å²) >= 11 is 0. The Labute approximate surface area is 99.9 Å². The molecule has 1 rings (SSSR count). The van der Waals surface area contributed by atoms with Crippen LogP contribution in [0.4, 0.5) is 5.82 Å². The van der Waals surface area contributed by atoms with Crippen molar-refractivity contribution in [2.75, 3.05) is 25.7 Å². The number of rotatable bonds is 5. The van der Waals surface area contributed by atoms with Crippen LogP contribution in [0.5, 0.6) is 0 Å². The first-order valence-electron chi connectivity index (χ1n) is 5.12. The van der Waals surface area contributed by atoms with Crippen LogP contribution in [0.1, 0.15) is 12.6 Å². The molecule has 17 heavy (non-hydrogen) atoms. The van der Waals surface area contributed by atoms with E-state index in [4.69, 9.17) is 15.7 Å². The normalized spacial score (nSPS) is 13.5. The van der Waals surface area contributed by atoms with E-state index in [1.165, 1.54) is 6.20 Å². The van der Waals surface area contributed by atoms with Gasteiger partial charge < -0.3 is 20.6 Å². The number of nitrogens with two attached hydrogens (primary N) is 1. The number of aromatic nitrogens is 2. The van der Waals surface area contributed by atoms with E-state index in [2.05, 4.69) is 15.1 Å². The Kier molecular flexibility index (Phi) is 4.65. The van der Waals surface area contributed by atoms with E-state index in [-0.39, 0.29) is 11.9 Å². The third-order valence-electron chi connectivity index (χ3n) is 2.43. The summed E-state index contributed by atoms with van der Waals surface area (Å²) in [6, 6.07) is 0.0990. The van der Waals surface area contributed by atoms with E-state index < -0.39 is 0 Å². The van der Waals surface area contributed by atoms with Gasteiger partial charge in [-0.25, -0.2) is 9.97 Å². The summed E-state index contributed by atoms with van der Waals surface area (Å²) in [5.41, 5.74) is 5.89. The highest BCUT2D eigenvalue weighted by Gasteiger charge is 2.17. The molecule has 0 saturated carbocycles. The Morgan fingerprint density at radius 2 is 2.24 bits per heavy atom. The molecule has 0 spiro atoms. The Morgan fingerprint density at radius 1 is 1.59 bits per heavy atom. The molecule has 1 aromatic rings. The third-order valence-corrected chi connectivity index (χ3v) is 2.43. The molecule has 94 valence electrons. The lowest BCUT2D eigenvalue weighted by atomic mass is 10.3. The van der Waals surface area contributed by atoms with Gasteiger partial charge in [-0.15, -0.1) is 0 Å². The van der Waals surface area contributed by atoms with Gasteiger partial charge in [0.25, 0.3) is 0 Å². The van der Waals surface area contributed by atoms with E-state index in [9.17, 15) is 0 Å². The minimum atomic E-state index is -0.0652. The highest BCUT2D eigenvalue weighted by atomic mass is 16.5. The van der Waals surface area contributed by atoms with E-state index in [1.807, 2.05) is 18.9 Å². The summed E-state index contributed by atoms with van der Waals surface area (Å²) in [5.74, 6) is 0.483. The van der Waals surface area contributed by atoms with Crippen LogP contribution in [-0.4, -0.2) is 47.8 Å². The zero-order chi connectivity index (χ0) is 12.8. The molecule has 1 aromatic heterocycles. The van der Waals surface area contributed by atoms with Gasteiger partial charge in [0, 0.05) is 26.6 Å². The summed E-state index contributed by atoms with van der Waals surface area (Å²) in [4.78, 5) is 10.1. The molecule has 1 atom stereocenters. The van der Waals surface area contributed by atoms with Crippen molar-refractivity contribution in [1.29, 1.82) is 0 Å². The standard InChI is InChI=1S/C10H17N5O2/c1-7(6-17-3)15(2)10-8(9(11)14-16)12-4-5-13-10/h4-5,7,16H,6H2,1-3H3,(H2,11,14). The number of ether oxygens (including phenoxy) is 1. The van der Waals surface area contributed by atoms with E-state index in [1.54, 1.807) is 13.3 Å². The summed E-state index contributed by atoms with van der Waals surface area (Å²) in [5, 5.41) is 11.6. The largest absolute Gasteiger partial charge is 0.409 e. The number of oxime groups is 1. The molecule has 0 fully saturated rings. The zero-order valence-electron chi connectivity index (χ0n) is 10.2. The second kappa shape index (κ2) is 6.00. The Morgan fingerprint density at radius 3 is 2.82 bits per heavy atom. The molecule has 0 bridgehead atoms. The van der Waals surface area contributed by atoms with Crippen LogP contribution in [0.15, 0.2) is 17.5 Å². The average molecular weight is 239 g/mol. The van der Waals surface area contributed by atoms with Crippen molar-refractivity contribution in [2.24, 2.45) is 10.9 Å². The van der Waals surface area contributed by atoms with Gasteiger partial charge in [-0.05, 0) is 6.92 Å². The fourth-order valence-electron chi connectivity index (χ4n) is 1.38. The second-order valence-electron chi connectivity index (χ2n) is 3.63. The van der Waals surface area contributed by atoms with Crippen LogP contribution in [0, 0.1) is 0 Å². The zero-order valence-corrected chi connectivity index (χ0v) is 10.2. The van der Waals surface area contributed by atoms with E-state index >= 15 is 0 Å². The average Bonchev–Trinajstić information content (AvgIpc) is 2.37. The maximum atomic E-state index is 8.69. The summed E-state index contributed by atoms with van der Waals surface area (Å²) < 4.78 is 5.07. The number of hydrogen-bond acceptors (Lipinski definition) is 6. The van der Waals surface area contributed by atoms with Crippen LogP contribution in [-0.2, 0) is 4.74 Å². The highest BCUT2D eigenvalue weighted by Crippen LogP contribution is 2.15. The lowest BCUT2D eigenvalue weighted by molar-refractivity contribution is 0.183. The topological polar surface area (TPSA) is 96.9 Å². The molecule has 0 aromatic carbocycles. The van der Waals surface area contributed by atoms with Crippen LogP contribution >= 0.6 is 0 Å². The molecule has 0 aliphatic carbocycles. The van der Waals surface area contributed by atoms with E-state index in [0.717, 1.165) is 0 Å². The predicted molar refractivity (Wildman–Crippen MR) is 64.3 cm³/mol. The predicted octanol–water partition coefficient (Wildman–Crippen LogP) is 0.0422. The first-order valence-corrected chi connectivity index (χ1v) is 5.12. The maximum Gasteiger partial charge on any atom is 0.192 e. The number of hydrogen-bond donors (Lipinski definition) is 2. The summed E-state index contributed by atoms with van der Waals surface area (Å²) in [6.07, 6.45) is 3.05. The van der Waals surface area contributed by atoms with Gasteiger partial charge >= 0.3 is 0 Å². The maximum absolute atomic E-state index is 8.69. The lowest BCUT2D eigenvalue weighted by Gasteiger charge is -2.26. The van der Waals surface area contributed by atoms with Crippen molar-refractivity contribution in [2.45, 2.75) is 13.0 Å². The molecule has 0 aliphatic rings. The molecule has 0 saturated heterocycles. The Hall–Kier alpha value is -1.89. The van der Waals surface area contributed by atoms with Crippen molar-refractivity contribution in [3.63, 3.8) is 0 Å². The van der Waals surface area contributed by atoms with E-state index in [0.29, 0.717) is 18.1 Å². The fourth-order valence-corrected chi connectivity index (χ4v) is 1.38. The fraction of sp³-hybridized carbons (Fsp3) is 0.500. The van der Waals surface area contributed by atoms with Crippen molar-refractivity contribution in [1.82, 2.24) is 9.97 Å². The third kappa shape index (κ3) is 3.04. The van der Waals surface area contributed by atoms with Crippen molar-refractivity contribution in [3.8, 4) is 0 Å². The highest BCUT2D eigenvalue weighted by molar-refractivity contribution is 5.99. The molecule has 7 nitrogen and oxygen atoms in total. The molecule has 0 aliphatic heterocycles. The van der Waals surface area contributed by atoms with Crippen molar-refractivity contribution in [3.05, 3.63) is 18.1 Å². The Balaban J connectivity index is 3.04. The number of amidine groups is 1. The van der Waals surface area contributed by atoms with Crippen LogP contribution < -0.4 is 10.6 Å². The number of methoxy groups -OCH3 is 1. The first kappa shape index (κ1) is 13.2. The number of nitrogens with zero attached hydrogens (tertiary/aromatic N) is 4. The molecule has 1 heterocycles. The minimum Gasteiger partial charge on any atom is -0.409 e. The molecule has 1 unspecified atom stereocenters. The van der Waals surface area contributed by atoms with Crippen LogP contribution in [0.25, 0.3) is 0 Å². The van der Waals surface area contributed by atoms with Crippen LogP contribution in [0.2, 0.25) is 0 Å². The summed E-state index contributed by atoms with van der Waals surface area (Å²) in [6.45, 7) is 2.52. The molecule has 7 heteroatoms. The quantitative estimate of drug-likeness (QED) is 0.326. The van der Waals surface area contributed by atoms with Gasteiger partial charge in [0.1, 0.15) is 0 Å². The lowest BCUT2D eigenvalue weighted by Crippen LogP contribution is -2.35. The molecular formula is C10H17N5O2. The monoisotopic (exact) mass is 239 g/mol. The summed E-state index contributed by atoms with van der Waals surface area (Å²) in [7, 11) is 3.48. The number of anilines is 1. The first-order chi connectivity index (χ1) is 8.11. The van der Waals surface area contributed by atoms with Gasteiger partial charge in [-0.2, -0.15) is 0 Å². The van der Waals surface area contributed by atoms with Gasteiger partial charge in [0.15, 0.2) is 17.3 Å². The molecule has 3 N–H and O–H groups in total. The van der Waals surface area contributed by atoms with Gasteiger partial charge in [0.2, 0.25) is 0 Å². The van der Waals surface area contributed by atoms with Crippen molar-refractivity contribution >= 4 is 11.7 Å². The van der Waals surface area contributed by atoms with Gasteiger partial charge in [-0.1, -0.05) is 5.16 Å². The van der Waals surface area contributed by atoms with Crippen molar-refractivity contribution < 1.29 is 9.94 Å².